The van der Waals surface area contributed by atoms with E-state index in [0.29, 0.717) is 11.4 Å². The second-order valence-electron chi connectivity index (χ2n) is 5.23. The molecule has 20 heavy (non-hydrogen) atoms. The first-order valence-electron chi connectivity index (χ1n) is 6.47. The summed E-state index contributed by atoms with van der Waals surface area (Å²) in [6, 6.07) is 7.04. The lowest BCUT2D eigenvalue weighted by Gasteiger charge is -2.19. The maximum atomic E-state index is 11.6. The van der Waals surface area contributed by atoms with Gasteiger partial charge in [0, 0.05) is 22.6 Å². The number of halogens is 1. The Bertz CT molecular complexity index is 761. The summed E-state index contributed by atoms with van der Waals surface area (Å²) in [5.74, 6) is 0.335. The van der Waals surface area contributed by atoms with Crippen molar-refractivity contribution < 1.29 is 8.42 Å². The van der Waals surface area contributed by atoms with Crippen molar-refractivity contribution in [1.82, 2.24) is 4.98 Å². The standard InChI is InChI=1S/C14H15ClN2O2S/c15-12-4-3-11(14-10(12)2-1-6-17-14)13(16)9-5-7-20(18,19)8-9/h1-4,6,9,13H,5,7-8,16H2. The van der Waals surface area contributed by atoms with Gasteiger partial charge in [-0.1, -0.05) is 17.7 Å². The molecule has 2 aromatic rings. The normalized spacial score (nSPS) is 23.0. The highest BCUT2D eigenvalue weighted by Gasteiger charge is 2.33. The minimum atomic E-state index is -2.94. The molecule has 0 amide bonds. The number of hydrogen-bond acceptors (Lipinski definition) is 4. The number of pyridine rings is 1. The van der Waals surface area contributed by atoms with E-state index >= 15 is 0 Å². The van der Waals surface area contributed by atoms with Crippen LogP contribution in [0.25, 0.3) is 10.9 Å². The zero-order valence-corrected chi connectivity index (χ0v) is 12.4. The highest BCUT2D eigenvalue weighted by atomic mass is 35.5. The number of hydrogen-bond donors (Lipinski definition) is 1. The lowest BCUT2D eigenvalue weighted by Crippen LogP contribution is -2.23. The molecule has 0 spiro atoms. The van der Waals surface area contributed by atoms with Gasteiger partial charge in [-0.05, 0) is 36.1 Å². The highest BCUT2D eigenvalue weighted by molar-refractivity contribution is 7.91. The predicted molar refractivity (Wildman–Crippen MR) is 80.4 cm³/mol. The summed E-state index contributed by atoms with van der Waals surface area (Å²) < 4.78 is 23.2. The van der Waals surface area contributed by atoms with Gasteiger partial charge in [-0.3, -0.25) is 4.98 Å². The molecule has 0 radical (unpaired) electrons. The van der Waals surface area contributed by atoms with Crippen LogP contribution in [0.3, 0.4) is 0 Å². The van der Waals surface area contributed by atoms with Crippen LogP contribution < -0.4 is 5.73 Å². The molecule has 1 fully saturated rings. The average Bonchev–Trinajstić information content (AvgIpc) is 2.79. The molecule has 1 saturated heterocycles. The Hall–Kier alpha value is -1.17. The van der Waals surface area contributed by atoms with Crippen LogP contribution in [0, 0.1) is 5.92 Å². The molecule has 4 nitrogen and oxygen atoms in total. The molecule has 3 rings (SSSR count). The van der Waals surface area contributed by atoms with Crippen molar-refractivity contribution in [1.29, 1.82) is 0 Å². The lowest BCUT2D eigenvalue weighted by molar-refractivity contribution is 0.482. The monoisotopic (exact) mass is 310 g/mol. The van der Waals surface area contributed by atoms with Gasteiger partial charge in [0.05, 0.1) is 17.0 Å². The first-order valence-corrected chi connectivity index (χ1v) is 8.67. The number of sulfone groups is 1. The van der Waals surface area contributed by atoms with Crippen LogP contribution in [0.15, 0.2) is 30.5 Å². The van der Waals surface area contributed by atoms with Crippen LogP contribution in [0.1, 0.15) is 18.0 Å². The van der Waals surface area contributed by atoms with Crippen LogP contribution in [0.5, 0.6) is 0 Å². The Labute approximate surface area is 122 Å². The fourth-order valence-corrected chi connectivity index (χ4v) is 4.86. The van der Waals surface area contributed by atoms with Crippen LogP contribution in [0.4, 0.5) is 0 Å². The minimum absolute atomic E-state index is 0.0496. The van der Waals surface area contributed by atoms with E-state index in [0.717, 1.165) is 16.5 Å². The van der Waals surface area contributed by atoms with Gasteiger partial charge in [-0.2, -0.15) is 0 Å². The predicted octanol–water partition coefficient (Wildman–Crippen LogP) is 2.32. The fraction of sp³-hybridized carbons (Fsp3) is 0.357. The van der Waals surface area contributed by atoms with E-state index in [9.17, 15) is 8.42 Å². The van der Waals surface area contributed by atoms with Gasteiger partial charge in [-0.25, -0.2) is 8.42 Å². The van der Waals surface area contributed by atoms with Gasteiger partial charge >= 0.3 is 0 Å². The summed E-state index contributed by atoms with van der Waals surface area (Å²) >= 11 is 6.16. The van der Waals surface area contributed by atoms with Gasteiger partial charge in [-0.15, -0.1) is 0 Å². The molecule has 2 atom stereocenters. The smallest absolute Gasteiger partial charge is 0.150 e. The molecular formula is C14H15ClN2O2S. The van der Waals surface area contributed by atoms with Crippen molar-refractivity contribution in [2.24, 2.45) is 11.7 Å². The first kappa shape index (κ1) is 13.8. The van der Waals surface area contributed by atoms with Crippen LogP contribution in [0.2, 0.25) is 5.02 Å². The van der Waals surface area contributed by atoms with Crippen molar-refractivity contribution in [3.05, 3.63) is 41.0 Å². The summed E-state index contributed by atoms with van der Waals surface area (Å²) in [5, 5.41) is 1.48. The van der Waals surface area contributed by atoms with Crippen LogP contribution >= 0.6 is 11.6 Å². The number of nitrogens with two attached hydrogens (primary N) is 1. The Morgan fingerprint density at radius 2 is 2.15 bits per heavy atom. The third kappa shape index (κ3) is 2.41. The van der Waals surface area contributed by atoms with Gasteiger partial charge in [0.2, 0.25) is 0 Å². The van der Waals surface area contributed by atoms with Crippen molar-refractivity contribution in [2.75, 3.05) is 11.5 Å². The largest absolute Gasteiger partial charge is 0.324 e. The molecule has 0 saturated carbocycles. The van der Waals surface area contributed by atoms with E-state index < -0.39 is 9.84 Å². The summed E-state index contributed by atoms with van der Waals surface area (Å²) in [4.78, 5) is 4.36. The summed E-state index contributed by atoms with van der Waals surface area (Å²) in [5.41, 5.74) is 7.92. The van der Waals surface area contributed by atoms with Crippen molar-refractivity contribution in [3.8, 4) is 0 Å². The van der Waals surface area contributed by atoms with E-state index in [4.69, 9.17) is 17.3 Å². The topological polar surface area (TPSA) is 73.0 Å². The molecule has 1 aromatic carbocycles. The fourth-order valence-electron chi connectivity index (χ4n) is 2.79. The van der Waals surface area contributed by atoms with E-state index in [1.165, 1.54) is 0 Å². The first-order chi connectivity index (χ1) is 9.48. The zero-order chi connectivity index (χ0) is 14.3. The van der Waals surface area contributed by atoms with E-state index in [2.05, 4.69) is 4.98 Å². The van der Waals surface area contributed by atoms with Gasteiger partial charge in [0.1, 0.15) is 0 Å². The number of nitrogens with zero attached hydrogens (tertiary/aromatic N) is 1. The Balaban J connectivity index is 2.04. The number of rotatable bonds is 2. The summed E-state index contributed by atoms with van der Waals surface area (Å²) in [6.07, 6.45) is 2.31. The molecule has 0 bridgehead atoms. The van der Waals surface area contributed by atoms with E-state index in [1.54, 1.807) is 12.3 Å². The number of aromatic nitrogens is 1. The quantitative estimate of drug-likeness (QED) is 0.924. The summed E-state index contributed by atoms with van der Waals surface area (Å²) in [6.45, 7) is 0. The van der Waals surface area contributed by atoms with Gasteiger partial charge in [0.15, 0.2) is 9.84 Å². The molecule has 1 aliphatic heterocycles. The van der Waals surface area contributed by atoms with Gasteiger partial charge in [0.25, 0.3) is 0 Å². The Kier molecular flexibility index (Phi) is 3.44. The highest BCUT2D eigenvalue weighted by Crippen LogP contribution is 2.34. The molecule has 2 heterocycles. The third-order valence-electron chi connectivity index (χ3n) is 3.88. The molecule has 1 aromatic heterocycles. The zero-order valence-electron chi connectivity index (χ0n) is 10.8. The van der Waals surface area contributed by atoms with Crippen LogP contribution in [-0.2, 0) is 9.84 Å². The summed E-state index contributed by atoms with van der Waals surface area (Å²) in [7, 11) is -2.94. The van der Waals surface area contributed by atoms with Crippen molar-refractivity contribution >= 4 is 32.3 Å². The second kappa shape index (κ2) is 4.98. The maximum absolute atomic E-state index is 11.6. The number of benzene rings is 1. The molecular weight excluding hydrogens is 296 g/mol. The van der Waals surface area contributed by atoms with Gasteiger partial charge < -0.3 is 5.73 Å². The Morgan fingerprint density at radius 1 is 1.35 bits per heavy atom. The second-order valence-corrected chi connectivity index (χ2v) is 7.86. The van der Waals surface area contributed by atoms with Crippen LogP contribution in [-0.4, -0.2) is 24.9 Å². The number of fused-ring (bicyclic) bond motifs is 1. The molecule has 1 aliphatic rings. The molecule has 6 heteroatoms. The minimum Gasteiger partial charge on any atom is -0.324 e. The maximum Gasteiger partial charge on any atom is 0.150 e. The SMILES string of the molecule is NC(c1ccc(Cl)c2cccnc12)C1CCS(=O)(=O)C1. The molecule has 0 aliphatic carbocycles. The molecule has 2 N–H and O–H groups in total. The van der Waals surface area contributed by atoms with Crippen molar-refractivity contribution in [3.63, 3.8) is 0 Å². The average molecular weight is 311 g/mol. The lowest BCUT2D eigenvalue weighted by atomic mass is 9.92. The Morgan fingerprint density at radius 3 is 2.85 bits per heavy atom. The molecule has 106 valence electrons. The van der Waals surface area contributed by atoms with Crippen molar-refractivity contribution in [2.45, 2.75) is 12.5 Å². The van der Waals surface area contributed by atoms with E-state index in [1.807, 2.05) is 18.2 Å². The third-order valence-corrected chi connectivity index (χ3v) is 6.01. The van der Waals surface area contributed by atoms with E-state index in [-0.39, 0.29) is 23.5 Å². The molecule has 2 unspecified atom stereocenters.